The van der Waals surface area contributed by atoms with Crippen LogP contribution in [0.4, 0.5) is 0 Å². The Morgan fingerprint density at radius 2 is 1.24 bits per heavy atom. The Morgan fingerprint density at radius 3 is 2.05 bits per heavy atom. The topological polar surface area (TPSA) is 27.3 Å². The number of ether oxygens (including phenoxy) is 1. The summed E-state index contributed by atoms with van der Waals surface area (Å²) in [5.74, 6) is 1.84. The Morgan fingerprint density at radius 1 is 0.561 bits per heavy atom. The second-order valence-electron chi connectivity index (χ2n) is 10.2. The summed E-state index contributed by atoms with van der Waals surface area (Å²) in [4.78, 5) is 0. The molecule has 2 aromatic heterocycles. The van der Waals surface area contributed by atoms with Crippen LogP contribution in [0, 0.1) is 0 Å². The zero-order valence-corrected chi connectivity index (χ0v) is 23.5. The fraction of sp³-hybridized carbons (Fsp3) is 0. The minimum absolute atomic E-state index is 0.730. The summed E-state index contributed by atoms with van der Waals surface area (Å²) in [5.41, 5.74) is 7.73. The van der Waals surface area contributed by atoms with Crippen molar-refractivity contribution in [3.8, 4) is 33.6 Å². The molecule has 0 spiro atoms. The second-order valence-corrected chi connectivity index (χ2v) is 14.0. The third kappa shape index (κ3) is 3.52. The van der Waals surface area contributed by atoms with Crippen molar-refractivity contribution >= 4 is 60.4 Å². The van der Waals surface area contributed by atoms with Gasteiger partial charge in [0, 0.05) is 16.5 Å². The zero-order chi connectivity index (χ0) is 26.9. The van der Waals surface area contributed by atoms with Gasteiger partial charge in [0.15, 0.2) is 0 Å². The molecular formula is C36H22NO2PS. The van der Waals surface area contributed by atoms with E-state index in [1.54, 1.807) is 0 Å². The van der Waals surface area contributed by atoms with Crippen molar-refractivity contribution < 1.29 is 9.15 Å². The van der Waals surface area contributed by atoms with E-state index in [0.29, 0.717) is 0 Å². The minimum Gasteiger partial charge on any atom is -0.455 e. The number of fused-ring (bicyclic) bond motifs is 6. The van der Waals surface area contributed by atoms with Gasteiger partial charge >= 0.3 is 0 Å². The highest BCUT2D eigenvalue weighted by Gasteiger charge is 2.21. The van der Waals surface area contributed by atoms with E-state index in [-0.39, 0.29) is 0 Å². The molecule has 8 aromatic rings. The van der Waals surface area contributed by atoms with Crippen LogP contribution in [0.5, 0.6) is 11.5 Å². The molecule has 41 heavy (non-hydrogen) atoms. The highest BCUT2D eigenvalue weighted by Crippen LogP contribution is 2.61. The van der Waals surface area contributed by atoms with Crippen molar-refractivity contribution in [2.45, 2.75) is 0 Å². The van der Waals surface area contributed by atoms with Crippen molar-refractivity contribution in [1.29, 1.82) is 0 Å². The zero-order valence-electron chi connectivity index (χ0n) is 21.8. The summed E-state index contributed by atoms with van der Waals surface area (Å²) in [6.07, 6.45) is 0. The van der Waals surface area contributed by atoms with Gasteiger partial charge in [-0.1, -0.05) is 72.8 Å². The van der Waals surface area contributed by atoms with Crippen LogP contribution in [-0.2, 0) is 0 Å². The van der Waals surface area contributed by atoms with Crippen LogP contribution >= 0.6 is 17.7 Å². The average molecular weight is 564 g/mol. The lowest BCUT2D eigenvalue weighted by Gasteiger charge is -2.18. The molecule has 9 rings (SSSR count). The van der Waals surface area contributed by atoms with Crippen LogP contribution in [0.25, 0.3) is 64.9 Å². The third-order valence-corrected chi connectivity index (χ3v) is 12.5. The predicted octanol–water partition coefficient (Wildman–Crippen LogP) is 11.6. The number of hydrogen-bond acceptors (Lipinski definition) is 3. The highest BCUT2D eigenvalue weighted by atomic mass is 32.5. The van der Waals surface area contributed by atoms with E-state index < -0.39 is 6.71 Å². The lowest BCUT2D eigenvalue weighted by atomic mass is 10.1. The summed E-state index contributed by atoms with van der Waals surface area (Å²) in [6, 6.07) is 47.2. The molecule has 0 fully saturated rings. The molecule has 0 aliphatic carbocycles. The van der Waals surface area contributed by atoms with E-state index in [1.165, 1.54) is 43.4 Å². The van der Waals surface area contributed by atoms with Crippen molar-refractivity contribution in [2.75, 3.05) is 0 Å². The van der Waals surface area contributed by atoms with Crippen molar-refractivity contribution in [2.24, 2.45) is 0 Å². The molecule has 0 N–H and O–H groups in total. The smallest absolute Gasteiger partial charge is 0.145 e. The summed E-state index contributed by atoms with van der Waals surface area (Å²) in [5, 5.41) is 4.95. The fourth-order valence-corrected chi connectivity index (χ4v) is 10.7. The highest BCUT2D eigenvalue weighted by molar-refractivity contribution is 8.00. The Balaban J connectivity index is 1.20. The minimum atomic E-state index is -0.730. The van der Waals surface area contributed by atoms with E-state index >= 15 is 0 Å². The number of rotatable bonds is 2. The van der Waals surface area contributed by atoms with E-state index in [0.717, 1.165) is 33.1 Å². The molecule has 3 nitrogen and oxygen atoms in total. The maximum Gasteiger partial charge on any atom is 0.145 e. The maximum absolute atomic E-state index is 6.52. The number of benzene rings is 6. The van der Waals surface area contributed by atoms with Gasteiger partial charge in [-0.25, -0.2) is 0 Å². The van der Waals surface area contributed by atoms with Gasteiger partial charge in [0.25, 0.3) is 0 Å². The molecule has 1 atom stereocenters. The second kappa shape index (κ2) is 8.87. The standard InChI is InChI=1S/C36H22NO2PS/c1-3-10-28-26(8-1)27-9-2-4-11-29(27)37(28)25-19-16-23(17-20-25)24-18-21-31-35(22-24)41-40-34-15-6-5-12-30(34)38-32-13-7-14-33(39-31)36(32)40/h1-22H. The molecule has 3 heterocycles. The molecule has 0 radical (unpaired) electrons. The Labute approximate surface area is 240 Å². The van der Waals surface area contributed by atoms with Gasteiger partial charge in [0.05, 0.1) is 26.2 Å². The molecule has 1 aliphatic heterocycles. The summed E-state index contributed by atoms with van der Waals surface area (Å²) in [6.45, 7) is -0.730. The SMILES string of the molecule is c1ccc2c(c1)Oc1cccc3oc4ccc(-c5ccc(-n6c7ccccc7c7ccccc76)cc5)cc4sp-2c13. The molecule has 1 unspecified atom stereocenters. The lowest BCUT2D eigenvalue weighted by molar-refractivity contribution is 0.490. The molecule has 6 aromatic carbocycles. The lowest BCUT2D eigenvalue weighted by Crippen LogP contribution is -1.93. The van der Waals surface area contributed by atoms with Gasteiger partial charge in [0.2, 0.25) is 0 Å². The van der Waals surface area contributed by atoms with Crippen molar-refractivity contribution in [3.63, 3.8) is 0 Å². The number of hydrogen-bond donors (Lipinski definition) is 0. The van der Waals surface area contributed by atoms with Gasteiger partial charge in [0.1, 0.15) is 22.7 Å². The van der Waals surface area contributed by atoms with Crippen LogP contribution in [0.2, 0.25) is 0 Å². The third-order valence-electron chi connectivity index (χ3n) is 7.86. The van der Waals surface area contributed by atoms with E-state index in [1.807, 2.05) is 29.1 Å². The Bertz CT molecular complexity index is 2300. The first kappa shape index (κ1) is 23.0. The molecule has 0 saturated carbocycles. The van der Waals surface area contributed by atoms with E-state index in [2.05, 4.69) is 120 Å². The molecule has 0 saturated heterocycles. The van der Waals surface area contributed by atoms with Crippen LogP contribution in [0.1, 0.15) is 0 Å². The summed E-state index contributed by atoms with van der Waals surface area (Å²) in [7, 11) is 1.90. The largest absolute Gasteiger partial charge is 0.455 e. The molecule has 0 amide bonds. The first-order chi connectivity index (χ1) is 20.3. The monoisotopic (exact) mass is 563 g/mol. The Kier molecular flexibility index (Phi) is 4.98. The van der Waals surface area contributed by atoms with E-state index in [4.69, 9.17) is 9.15 Å². The van der Waals surface area contributed by atoms with Crippen molar-refractivity contribution in [1.82, 2.24) is 4.57 Å². The molecule has 0 bridgehead atoms. The average Bonchev–Trinajstić information content (AvgIpc) is 3.26. The fourth-order valence-electron chi connectivity index (χ4n) is 5.98. The first-order valence-electron chi connectivity index (χ1n) is 13.6. The van der Waals surface area contributed by atoms with Crippen molar-refractivity contribution in [3.05, 3.63) is 133 Å². The summed E-state index contributed by atoms with van der Waals surface area (Å²) >= 11 is 0. The van der Waals surface area contributed by atoms with Crippen LogP contribution in [-0.4, -0.2) is 4.57 Å². The van der Waals surface area contributed by atoms with Gasteiger partial charge in [-0.15, -0.1) is 10.9 Å². The summed E-state index contributed by atoms with van der Waals surface area (Å²) < 4.78 is 16.3. The van der Waals surface area contributed by atoms with Crippen LogP contribution < -0.4 is 4.74 Å². The number of nitrogens with zero attached hydrogens (tertiary/aromatic N) is 1. The normalized spacial score (nSPS) is 12.5. The van der Waals surface area contributed by atoms with Gasteiger partial charge in [-0.3, -0.25) is 0 Å². The first-order valence-corrected chi connectivity index (χ1v) is 16.4. The maximum atomic E-state index is 6.52. The number of para-hydroxylation sites is 3. The van der Waals surface area contributed by atoms with Crippen LogP contribution in [0.15, 0.2) is 138 Å². The molecule has 194 valence electrons. The molecular weight excluding hydrogens is 541 g/mol. The Hall–Kier alpha value is -4.76. The van der Waals surface area contributed by atoms with Gasteiger partial charge in [-0.05, 0) is 78.5 Å². The van der Waals surface area contributed by atoms with E-state index in [9.17, 15) is 0 Å². The van der Waals surface area contributed by atoms with Gasteiger partial charge in [-0.2, -0.15) is 0 Å². The predicted molar refractivity (Wildman–Crippen MR) is 173 cm³/mol. The quantitative estimate of drug-likeness (QED) is 0.209. The molecule has 5 heteroatoms. The number of aromatic nitrogens is 1. The van der Waals surface area contributed by atoms with Crippen LogP contribution in [0.3, 0.4) is 0 Å². The van der Waals surface area contributed by atoms with Gasteiger partial charge < -0.3 is 13.7 Å². The molecule has 1 aliphatic rings.